The molecule has 0 radical (unpaired) electrons. The first-order valence-corrected chi connectivity index (χ1v) is 3.84. The van der Waals surface area contributed by atoms with Crippen molar-refractivity contribution in [3.8, 4) is 6.07 Å². The lowest BCUT2D eigenvalue weighted by molar-refractivity contribution is 0.873. The number of rotatable bonds is 2. The van der Waals surface area contributed by atoms with Gasteiger partial charge in [0, 0.05) is 13.2 Å². The normalized spacial score (nSPS) is 9.55. The van der Waals surface area contributed by atoms with Crippen LogP contribution in [0.1, 0.15) is 24.6 Å². The van der Waals surface area contributed by atoms with Crippen LogP contribution in [0.4, 0.5) is 0 Å². The molecule has 0 spiro atoms. The predicted octanol–water partition coefficient (Wildman–Crippen LogP) is 1.85. The molecule has 2 heteroatoms. The van der Waals surface area contributed by atoms with E-state index in [0.717, 1.165) is 24.1 Å². The Morgan fingerprint density at radius 2 is 2.36 bits per heavy atom. The van der Waals surface area contributed by atoms with Crippen molar-refractivity contribution in [3.63, 3.8) is 0 Å². The Bertz CT molecular complexity index is 278. The van der Waals surface area contributed by atoms with Crippen LogP contribution in [-0.4, -0.2) is 4.57 Å². The summed E-state index contributed by atoms with van der Waals surface area (Å²) in [6.07, 6.45) is 4.03. The van der Waals surface area contributed by atoms with E-state index < -0.39 is 0 Å². The summed E-state index contributed by atoms with van der Waals surface area (Å²) in [5, 5.41) is 8.74. The third-order valence-corrected chi connectivity index (χ3v) is 1.78. The quantitative estimate of drug-likeness (QED) is 0.629. The molecule has 0 aliphatic heterocycles. The van der Waals surface area contributed by atoms with Crippen molar-refractivity contribution < 1.29 is 0 Å². The van der Waals surface area contributed by atoms with Crippen LogP contribution in [0.2, 0.25) is 0 Å². The van der Waals surface area contributed by atoms with Gasteiger partial charge in [0.05, 0.1) is 0 Å². The summed E-state index contributed by atoms with van der Waals surface area (Å²) in [7, 11) is 1.90. The zero-order valence-electron chi connectivity index (χ0n) is 6.96. The first-order chi connectivity index (χ1) is 5.29. The molecule has 1 rings (SSSR count). The molecule has 0 unspecified atom stereocenters. The summed E-state index contributed by atoms with van der Waals surface area (Å²) in [6, 6.07) is 4.21. The molecule has 0 aliphatic carbocycles. The van der Waals surface area contributed by atoms with Gasteiger partial charge in [-0.1, -0.05) is 13.3 Å². The van der Waals surface area contributed by atoms with Crippen LogP contribution in [-0.2, 0) is 13.5 Å². The zero-order valence-corrected chi connectivity index (χ0v) is 6.96. The molecule has 0 N–H and O–H groups in total. The lowest BCUT2D eigenvalue weighted by Crippen LogP contribution is -1.92. The number of hydrogen-bond acceptors (Lipinski definition) is 1. The van der Waals surface area contributed by atoms with E-state index in [1.165, 1.54) is 0 Å². The summed E-state index contributed by atoms with van der Waals surface area (Å²) in [4.78, 5) is 0. The van der Waals surface area contributed by atoms with Crippen molar-refractivity contribution in [3.05, 3.63) is 23.5 Å². The molecule has 0 saturated heterocycles. The monoisotopic (exact) mass is 148 g/mol. The van der Waals surface area contributed by atoms with Crippen LogP contribution in [0, 0.1) is 11.3 Å². The van der Waals surface area contributed by atoms with Gasteiger partial charge in [-0.2, -0.15) is 5.26 Å². The van der Waals surface area contributed by atoms with E-state index >= 15 is 0 Å². The van der Waals surface area contributed by atoms with Crippen LogP contribution in [0.3, 0.4) is 0 Å². The van der Waals surface area contributed by atoms with Gasteiger partial charge in [0.15, 0.2) is 0 Å². The van der Waals surface area contributed by atoms with E-state index in [2.05, 4.69) is 13.0 Å². The molecule has 11 heavy (non-hydrogen) atoms. The van der Waals surface area contributed by atoms with Crippen LogP contribution in [0.5, 0.6) is 0 Å². The summed E-state index contributed by atoms with van der Waals surface area (Å²) >= 11 is 0. The van der Waals surface area contributed by atoms with Gasteiger partial charge in [-0.05, 0) is 18.1 Å². The van der Waals surface area contributed by atoms with E-state index in [1.807, 2.05) is 23.9 Å². The second-order valence-electron chi connectivity index (χ2n) is 2.66. The minimum Gasteiger partial charge on any atom is -0.342 e. The average Bonchev–Trinajstić information content (AvgIpc) is 2.33. The van der Waals surface area contributed by atoms with Gasteiger partial charge < -0.3 is 4.57 Å². The van der Waals surface area contributed by atoms with Crippen molar-refractivity contribution in [2.75, 3.05) is 0 Å². The van der Waals surface area contributed by atoms with Crippen molar-refractivity contribution in [2.24, 2.45) is 7.05 Å². The van der Waals surface area contributed by atoms with Crippen LogP contribution < -0.4 is 0 Å². The fraction of sp³-hybridized carbons (Fsp3) is 0.444. The van der Waals surface area contributed by atoms with Gasteiger partial charge in [0.2, 0.25) is 0 Å². The van der Waals surface area contributed by atoms with Crippen molar-refractivity contribution in [2.45, 2.75) is 19.8 Å². The minimum atomic E-state index is 0.798. The second kappa shape index (κ2) is 3.25. The molecule has 0 aliphatic rings. The molecule has 0 fully saturated rings. The highest BCUT2D eigenvalue weighted by atomic mass is 14.9. The van der Waals surface area contributed by atoms with Gasteiger partial charge in [0.1, 0.15) is 11.8 Å². The largest absolute Gasteiger partial charge is 0.342 e. The van der Waals surface area contributed by atoms with Crippen molar-refractivity contribution >= 4 is 0 Å². The van der Waals surface area contributed by atoms with Gasteiger partial charge in [-0.25, -0.2) is 0 Å². The number of nitrogens with zero attached hydrogens (tertiary/aromatic N) is 2. The number of aryl methyl sites for hydroxylation is 2. The van der Waals surface area contributed by atoms with Gasteiger partial charge >= 0.3 is 0 Å². The van der Waals surface area contributed by atoms with E-state index in [0.29, 0.717) is 0 Å². The van der Waals surface area contributed by atoms with Gasteiger partial charge in [-0.3, -0.25) is 0 Å². The number of hydrogen-bond donors (Lipinski definition) is 0. The molecule has 0 bridgehead atoms. The fourth-order valence-electron chi connectivity index (χ4n) is 1.20. The second-order valence-corrected chi connectivity index (χ2v) is 2.66. The molecule has 1 heterocycles. The Morgan fingerprint density at radius 1 is 1.64 bits per heavy atom. The highest BCUT2D eigenvalue weighted by Gasteiger charge is 2.03. The number of aromatic nitrogens is 1. The van der Waals surface area contributed by atoms with E-state index in [4.69, 9.17) is 5.26 Å². The summed E-state index contributed by atoms with van der Waals surface area (Å²) < 4.78 is 1.87. The first kappa shape index (κ1) is 7.87. The van der Waals surface area contributed by atoms with E-state index in [1.54, 1.807) is 0 Å². The fourth-order valence-corrected chi connectivity index (χ4v) is 1.20. The van der Waals surface area contributed by atoms with Crippen LogP contribution >= 0.6 is 0 Å². The third-order valence-electron chi connectivity index (χ3n) is 1.78. The van der Waals surface area contributed by atoms with E-state index in [-0.39, 0.29) is 0 Å². The van der Waals surface area contributed by atoms with Gasteiger partial charge in [0.25, 0.3) is 0 Å². The molecule has 1 aromatic heterocycles. The molecule has 0 aromatic carbocycles. The maximum atomic E-state index is 8.74. The smallest absolute Gasteiger partial charge is 0.123 e. The van der Waals surface area contributed by atoms with Crippen LogP contribution in [0.25, 0.3) is 0 Å². The molecule has 2 nitrogen and oxygen atoms in total. The van der Waals surface area contributed by atoms with Crippen molar-refractivity contribution in [1.29, 1.82) is 5.26 Å². The predicted molar refractivity (Wildman–Crippen MR) is 44.1 cm³/mol. The first-order valence-electron chi connectivity index (χ1n) is 3.84. The maximum absolute atomic E-state index is 8.74. The summed E-state index contributed by atoms with van der Waals surface area (Å²) in [6.45, 7) is 2.12. The summed E-state index contributed by atoms with van der Waals surface area (Å²) in [5.74, 6) is 0. The SMILES string of the molecule is CCCc1ccn(C)c1C#N. The Morgan fingerprint density at radius 3 is 2.91 bits per heavy atom. The number of nitriles is 1. The summed E-state index contributed by atoms with van der Waals surface area (Å²) in [5.41, 5.74) is 1.96. The van der Waals surface area contributed by atoms with E-state index in [9.17, 15) is 0 Å². The molecule has 0 amide bonds. The molecule has 1 aromatic rings. The van der Waals surface area contributed by atoms with Gasteiger partial charge in [-0.15, -0.1) is 0 Å². The molecule has 0 atom stereocenters. The van der Waals surface area contributed by atoms with Crippen LogP contribution in [0.15, 0.2) is 12.3 Å². The molecular formula is C9H12N2. The Kier molecular flexibility index (Phi) is 2.32. The molecule has 58 valence electrons. The highest BCUT2D eigenvalue weighted by Crippen LogP contribution is 2.10. The average molecular weight is 148 g/mol. The molecular weight excluding hydrogens is 136 g/mol. The Balaban J connectivity index is 2.98. The zero-order chi connectivity index (χ0) is 8.27. The Labute approximate surface area is 67.1 Å². The Hall–Kier alpha value is -1.23. The molecule has 0 saturated carbocycles. The standard InChI is InChI=1S/C9H12N2/c1-3-4-8-5-6-11(2)9(8)7-10/h5-6H,3-4H2,1-2H3. The lowest BCUT2D eigenvalue weighted by Gasteiger charge is -1.95. The highest BCUT2D eigenvalue weighted by molar-refractivity contribution is 5.32. The maximum Gasteiger partial charge on any atom is 0.123 e. The van der Waals surface area contributed by atoms with Crippen molar-refractivity contribution in [1.82, 2.24) is 4.57 Å². The minimum absolute atomic E-state index is 0.798. The third kappa shape index (κ3) is 1.43. The topological polar surface area (TPSA) is 28.7 Å². The lowest BCUT2D eigenvalue weighted by atomic mass is 10.1.